The van der Waals surface area contributed by atoms with Crippen LogP contribution < -0.4 is 15.6 Å². The molecule has 84 valence electrons. The topological polar surface area (TPSA) is 70.6 Å². The second-order valence-electron chi connectivity index (χ2n) is 4.13. The fraction of sp³-hybridized carbons (Fsp3) is 0.364. The van der Waals surface area contributed by atoms with E-state index in [1.165, 1.54) is 0 Å². The van der Waals surface area contributed by atoms with Crippen molar-refractivity contribution < 1.29 is 14.6 Å². The molecular weight excluding hydrogens is 208 g/mol. The predicted octanol–water partition coefficient (Wildman–Crippen LogP) is 0.542. The molecule has 0 radical (unpaired) electrons. The zero-order valence-electron chi connectivity index (χ0n) is 8.56. The highest BCUT2D eigenvalue weighted by molar-refractivity contribution is 5.88. The van der Waals surface area contributed by atoms with Crippen LogP contribution in [0.15, 0.2) is 18.2 Å². The maximum absolute atomic E-state index is 10.8. The molecule has 2 unspecified atom stereocenters. The van der Waals surface area contributed by atoms with E-state index in [0.717, 1.165) is 12.1 Å². The summed E-state index contributed by atoms with van der Waals surface area (Å²) in [6, 6.07) is 5.27. The fourth-order valence-electron chi connectivity index (χ4n) is 2.27. The van der Waals surface area contributed by atoms with Crippen LogP contribution >= 0.6 is 0 Å². The van der Waals surface area contributed by atoms with Crippen LogP contribution in [0.25, 0.3) is 0 Å². The lowest BCUT2D eigenvalue weighted by atomic mass is 9.92. The highest BCUT2D eigenvalue weighted by Crippen LogP contribution is 2.37. The van der Waals surface area contributed by atoms with Gasteiger partial charge in [0, 0.05) is 18.0 Å². The minimum absolute atomic E-state index is 0.228. The van der Waals surface area contributed by atoms with Gasteiger partial charge in [-0.25, -0.2) is 10.2 Å². The van der Waals surface area contributed by atoms with Crippen LogP contribution in [0.3, 0.4) is 0 Å². The number of carboxylic acids is 1. The molecule has 0 amide bonds. The molecule has 1 aromatic rings. The Morgan fingerprint density at radius 1 is 1.50 bits per heavy atom. The van der Waals surface area contributed by atoms with E-state index in [0.29, 0.717) is 18.3 Å². The van der Waals surface area contributed by atoms with Crippen molar-refractivity contribution >= 4 is 5.97 Å². The van der Waals surface area contributed by atoms with Crippen LogP contribution in [0.2, 0.25) is 0 Å². The Bertz CT molecular complexity index is 447. The summed E-state index contributed by atoms with van der Waals surface area (Å²) < 4.78 is 5.58. The van der Waals surface area contributed by atoms with Gasteiger partial charge in [-0.3, -0.25) is 5.43 Å². The number of fused-ring (bicyclic) bond motifs is 3. The maximum Gasteiger partial charge on any atom is 0.335 e. The molecule has 0 spiro atoms. The highest BCUT2D eigenvalue weighted by atomic mass is 16.5. The number of rotatable bonds is 1. The summed E-state index contributed by atoms with van der Waals surface area (Å²) >= 11 is 0. The van der Waals surface area contributed by atoms with E-state index >= 15 is 0 Å². The molecule has 2 heterocycles. The summed E-state index contributed by atoms with van der Waals surface area (Å²) in [5, 5.41) is 8.89. The van der Waals surface area contributed by atoms with Crippen LogP contribution in [0, 0.1) is 5.92 Å². The van der Waals surface area contributed by atoms with Crippen molar-refractivity contribution in [2.45, 2.75) is 6.04 Å². The molecule has 3 rings (SSSR count). The lowest BCUT2D eigenvalue weighted by Crippen LogP contribution is -2.29. The van der Waals surface area contributed by atoms with Gasteiger partial charge in [0.1, 0.15) is 5.75 Å². The number of ether oxygens (including phenoxy) is 1. The fourth-order valence-corrected chi connectivity index (χ4v) is 2.27. The molecule has 5 nitrogen and oxygen atoms in total. The molecule has 0 aromatic heterocycles. The third-order valence-electron chi connectivity index (χ3n) is 3.14. The zero-order valence-corrected chi connectivity index (χ0v) is 8.56. The zero-order chi connectivity index (χ0) is 11.1. The molecule has 0 bridgehead atoms. The smallest absolute Gasteiger partial charge is 0.335 e. The summed E-state index contributed by atoms with van der Waals surface area (Å²) in [4.78, 5) is 10.8. The Labute approximate surface area is 92.4 Å². The molecule has 2 atom stereocenters. The third-order valence-corrected chi connectivity index (χ3v) is 3.14. The average Bonchev–Trinajstić information content (AvgIpc) is 2.76. The van der Waals surface area contributed by atoms with Gasteiger partial charge in [0.05, 0.1) is 18.2 Å². The van der Waals surface area contributed by atoms with Crippen LogP contribution in [0.4, 0.5) is 0 Å². The Balaban J connectivity index is 2.02. The molecule has 3 N–H and O–H groups in total. The van der Waals surface area contributed by atoms with E-state index in [1.807, 2.05) is 6.07 Å². The number of benzene rings is 1. The number of nitrogens with one attached hydrogen (secondary N) is 2. The number of hydrazine groups is 1. The number of carbonyl (C=O) groups is 1. The van der Waals surface area contributed by atoms with Crippen molar-refractivity contribution in [3.63, 3.8) is 0 Å². The normalized spacial score (nSPS) is 26.8. The highest BCUT2D eigenvalue weighted by Gasteiger charge is 2.34. The van der Waals surface area contributed by atoms with Crippen LogP contribution in [0.1, 0.15) is 22.0 Å². The predicted molar refractivity (Wildman–Crippen MR) is 56.3 cm³/mol. The van der Waals surface area contributed by atoms with Crippen molar-refractivity contribution in [1.82, 2.24) is 10.9 Å². The molecule has 2 aliphatic heterocycles. The second-order valence-corrected chi connectivity index (χ2v) is 4.13. The molecule has 0 aliphatic carbocycles. The largest absolute Gasteiger partial charge is 0.493 e. The van der Waals surface area contributed by atoms with Gasteiger partial charge < -0.3 is 9.84 Å². The first-order valence-corrected chi connectivity index (χ1v) is 5.24. The van der Waals surface area contributed by atoms with Gasteiger partial charge in [-0.05, 0) is 12.1 Å². The van der Waals surface area contributed by atoms with Crippen molar-refractivity contribution in [1.29, 1.82) is 0 Å². The first-order chi connectivity index (χ1) is 7.75. The summed E-state index contributed by atoms with van der Waals surface area (Å²) in [6.45, 7) is 1.51. The van der Waals surface area contributed by atoms with Crippen LogP contribution in [-0.4, -0.2) is 24.2 Å². The van der Waals surface area contributed by atoms with E-state index in [1.54, 1.807) is 12.1 Å². The summed E-state index contributed by atoms with van der Waals surface area (Å²) in [5.74, 6) is 0.173. The van der Waals surface area contributed by atoms with Gasteiger partial charge in [-0.2, -0.15) is 0 Å². The average molecular weight is 220 g/mol. The maximum atomic E-state index is 10.8. The number of aromatic carboxylic acids is 1. The lowest BCUT2D eigenvalue weighted by Gasteiger charge is -2.27. The quantitative estimate of drug-likeness (QED) is 0.644. The number of carboxylic acid groups (broad SMARTS) is 1. The second kappa shape index (κ2) is 3.47. The Morgan fingerprint density at radius 3 is 3.19 bits per heavy atom. The molecule has 5 heteroatoms. The Hall–Kier alpha value is -1.59. The molecule has 2 aliphatic rings. The first-order valence-electron chi connectivity index (χ1n) is 5.24. The summed E-state index contributed by atoms with van der Waals surface area (Å²) in [5.41, 5.74) is 7.58. The minimum Gasteiger partial charge on any atom is -0.493 e. The van der Waals surface area contributed by atoms with E-state index in [4.69, 9.17) is 9.84 Å². The van der Waals surface area contributed by atoms with E-state index in [-0.39, 0.29) is 11.6 Å². The Morgan fingerprint density at radius 2 is 2.38 bits per heavy atom. The van der Waals surface area contributed by atoms with E-state index in [9.17, 15) is 4.79 Å². The third kappa shape index (κ3) is 1.36. The summed E-state index contributed by atoms with van der Waals surface area (Å²) in [6.07, 6.45) is 0. The van der Waals surface area contributed by atoms with Gasteiger partial charge in [-0.1, -0.05) is 6.07 Å². The molecule has 1 aromatic carbocycles. The van der Waals surface area contributed by atoms with Gasteiger partial charge in [0.2, 0.25) is 0 Å². The number of hydrogen-bond acceptors (Lipinski definition) is 4. The van der Waals surface area contributed by atoms with Crippen LogP contribution in [-0.2, 0) is 0 Å². The summed E-state index contributed by atoms with van der Waals surface area (Å²) in [7, 11) is 0. The van der Waals surface area contributed by atoms with Crippen molar-refractivity contribution in [2.24, 2.45) is 5.92 Å². The number of hydrogen-bond donors (Lipinski definition) is 3. The molecule has 1 saturated heterocycles. The van der Waals surface area contributed by atoms with Crippen LogP contribution in [0.5, 0.6) is 5.75 Å². The standard InChI is InChI=1S/C11H12N2O3/c14-11(15)6-1-2-8-9(3-6)16-5-7-4-12-13-10(7)8/h1-3,7,10,12-13H,4-5H2,(H,14,15). The monoisotopic (exact) mass is 220 g/mol. The molecule has 0 saturated carbocycles. The van der Waals surface area contributed by atoms with Crippen molar-refractivity contribution in [2.75, 3.05) is 13.2 Å². The lowest BCUT2D eigenvalue weighted by molar-refractivity contribution is 0.0696. The van der Waals surface area contributed by atoms with Gasteiger partial charge >= 0.3 is 5.97 Å². The van der Waals surface area contributed by atoms with E-state index in [2.05, 4.69) is 10.9 Å². The van der Waals surface area contributed by atoms with Crippen molar-refractivity contribution in [3.05, 3.63) is 29.3 Å². The molecule has 16 heavy (non-hydrogen) atoms. The SMILES string of the molecule is O=C(O)c1ccc2c(c1)OCC1CNNC21. The molecule has 1 fully saturated rings. The van der Waals surface area contributed by atoms with Crippen molar-refractivity contribution in [3.8, 4) is 5.75 Å². The van der Waals surface area contributed by atoms with Gasteiger partial charge in [-0.15, -0.1) is 0 Å². The van der Waals surface area contributed by atoms with Gasteiger partial charge in [0.15, 0.2) is 0 Å². The minimum atomic E-state index is -0.925. The van der Waals surface area contributed by atoms with E-state index < -0.39 is 5.97 Å². The van der Waals surface area contributed by atoms with Gasteiger partial charge in [0.25, 0.3) is 0 Å². The molecular formula is C11H12N2O3. The first kappa shape index (κ1) is 9.62. The Kier molecular flexibility index (Phi) is 2.08.